The van der Waals surface area contributed by atoms with Crippen LogP contribution in [0.25, 0.3) is 0 Å². The van der Waals surface area contributed by atoms with Crippen molar-refractivity contribution >= 4 is 11.9 Å². The number of urea groups is 1. The first-order chi connectivity index (χ1) is 12.9. The van der Waals surface area contributed by atoms with Gasteiger partial charge in [-0.3, -0.25) is 4.79 Å². The van der Waals surface area contributed by atoms with Crippen molar-refractivity contribution in [3.05, 3.63) is 29.0 Å². The molecule has 0 fully saturated rings. The highest BCUT2D eigenvalue weighted by molar-refractivity contribution is 6.01. The zero-order chi connectivity index (χ0) is 19.7. The maximum Gasteiger partial charge on any atom is 0.319 e. The number of hydrogen-bond donors (Lipinski definition) is 3. The summed E-state index contributed by atoms with van der Waals surface area (Å²) in [7, 11) is 4.50. The van der Waals surface area contributed by atoms with E-state index in [2.05, 4.69) is 10.6 Å². The monoisotopic (exact) mass is 377 g/mol. The number of carbonyl (C=O) groups is 2. The van der Waals surface area contributed by atoms with Gasteiger partial charge in [-0.25, -0.2) is 4.79 Å². The molecule has 1 aromatic rings. The van der Waals surface area contributed by atoms with Crippen LogP contribution in [0.5, 0.6) is 17.2 Å². The predicted molar refractivity (Wildman–Crippen MR) is 95.8 cm³/mol. The fourth-order valence-electron chi connectivity index (χ4n) is 3.41. The molecular formula is C18H23N3O6. The van der Waals surface area contributed by atoms with Crippen LogP contribution in [0.15, 0.2) is 23.4 Å². The molecule has 3 rings (SSSR count). The van der Waals surface area contributed by atoms with Crippen molar-refractivity contribution in [3.8, 4) is 17.2 Å². The molecule has 1 aromatic carbocycles. The Kier molecular flexibility index (Phi) is 5.13. The van der Waals surface area contributed by atoms with Crippen molar-refractivity contribution in [1.29, 1.82) is 0 Å². The van der Waals surface area contributed by atoms with Gasteiger partial charge in [0.2, 0.25) is 5.75 Å². The van der Waals surface area contributed by atoms with Gasteiger partial charge in [0.1, 0.15) is 0 Å². The summed E-state index contributed by atoms with van der Waals surface area (Å²) >= 11 is 0. The highest BCUT2D eigenvalue weighted by atomic mass is 16.5. The first kappa shape index (κ1) is 18.8. The molecule has 2 aliphatic heterocycles. The van der Waals surface area contributed by atoms with Crippen LogP contribution in [-0.4, -0.2) is 62.5 Å². The van der Waals surface area contributed by atoms with E-state index in [-0.39, 0.29) is 19.0 Å². The van der Waals surface area contributed by atoms with E-state index in [0.717, 1.165) is 0 Å². The average molecular weight is 377 g/mol. The molecule has 146 valence electrons. The lowest BCUT2D eigenvalue weighted by atomic mass is 9.95. The van der Waals surface area contributed by atoms with Crippen molar-refractivity contribution in [2.75, 3.05) is 34.4 Å². The van der Waals surface area contributed by atoms with E-state index in [4.69, 9.17) is 14.2 Å². The van der Waals surface area contributed by atoms with E-state index >= 15 is 0 Å². The Morgan fingerprint density at radius 1 is 1.19 bits per heavy atom. The minimum absolute atomic E-state index is 0.184. The SMILES string of the molecule is COc1cc([C@@H]2NC(=O)NC3=C2C(=O)N(C[C@H](C)O)C3)cc(OC)c1OC. The van der Waals surface area contributed by atoms with E-state index in [1.54, 1.807) is 19.1 Å². The molecular weight excluding hydrogens is 354 g/mol. The second-order valence-corrected chi connectivity index (χ2v) is 6.42. The molecule has 0 saturated carbocycles. The smallest absolute Gasteiger partial charge is 0.319 e. The Morgan fingerprint density at radius 2 is 1.81 bits per heavy atom. The van der Waals surface area contributed by atoms with Crippen LogP contribution < -0.4 is 24.8 Å². The van der Waals surface area contributed by atoms with Crippen LogP contribution in [0, 0.1) is 0 Å². The van der Waals surface area contributed by atoms with Gasteiger partial charge < -0.3 is 34.9 Å². The summed E-state index contributed by atoms with van der Waals surface area (Å²) < 4.78 is 16.1. The molecule has 3 amide bonds. The second kappa shape index (κ2) is 7.36. The van der Waals surface area contributed by atoms with E-state index in [0.29, 0.717) is 34.1 Å². The number of methoxy groups -OCH3 is 3. The number of nitrogens with one attached hydrogen (secondary N) is 2. The Morgan fingerprint density at radius 3 is 2.33 bits per heavy atom. The molecule has 0 radical (unpaired) electrons. The van der Waals surface area contributed by atoms with E-state index in [9.17, 15) is 14.7 Å². The van der Waals surface area contributed by atoms with E-state index in [1.807, 2.05) is 0 Å². The molecule has 0 spiro atoms. The van der Waals surface area contributed by atoms with Crippen molar-refractivity contribution in [2.45, 2.75) is 19.1 Å². The van der Waals surface area contributed by atoms with Gasteiger partial charge in [-0.2, -0.15) is 0 Å². The lowest BCUT2D eigenvalue weighted by Gasteiger charge is -2.26. The number of β-amino-alcohol motifs (C(OH)–C–C–N with tert-alkyl or cyclic N) is 1. The van der Waals surface area contributed by atoms with Gasteiger partial charge in [0, 0.05) is 6.54 Å². The lowest BCUT2D eigenvalue weighted by molar-refractivity contribution is -0.126. The van der Waals surface area contributed by atoms with Crippen molar-refractivity contribution < 1.29 is 28.9 Å². The molecule has 9 heteroatoms. The summed E-state index contributed by atoms with van der Waals surface area (Å²) in [5.41, 5.74) is 1.59. The van der Waals surface area contributed by atoms with Crippen LogP contribution in [0.3, 0.4) is 0 Å². The highest BCUT2D eigenvalue weighted by Gasteiger charge is 2.41. The Labute approximate surface area is 156 Å². The highest BCUT2D eigenvalue weighted by Crippen LogP contribution is 2.42. The summed E-state index contributed by atoms with van der Waals surface area (Å²) in [6.45, 7) is 2.04. The number of amides is 3. The van der Waals surface area contributed by atoms with Crippen LogP contribution in [-0.2, 0) is 4.79 Å². The molecule has 2 aliphatic rings. The molecule has 2 atom stereocenters. The van der Waals surface area contributed by atoms with Gasteiger partial charge in [-0.05, 0) is 24.6 Å². The Hall–Kier alpha value is -2.94. The van der Waals surface area contributed by atoms with E-state index in [1.165, 1.54) is 26.2 Å². The van der Waals surface area contributed by atoms with Gasteiger partial charge >= 0.3 is 6.03 Å². The topological polar surface area (TPSA) is 109 Å². The third kappa shape index (κ3) is 3.37. The van der Waals surface area contributed by atoms with Crippen LogP contribution >= 0.6 is 0 Å². The fourth-order valence-corrected chi connectivity index (χ4v) is 3.41. The predicted octanol–water partition coefficient (Wildman–Crippen LogP) is 0.543. The largest absolute Gasteiger partial charge is 0.493 e. The second-order valence-electron chi connectivity index (χ2n) is 6.42. The first-order valence-corrected chi connectivity index (χ1v) is 8.47. The standard InChI is InChI=1S/C18H23N3O6/c1-9(22)7-21-8-11-14(17(21)23)15(20-18(24)19-11)10-5-12(25-2)16(27-4)13(6-10)26-3/h5-6,9,15,22H,7-8H2,1-4H3,(H2,19,20,24)/t9-,15-/m0/s1. The zero-order valence-electron chi connectivity index (χ0n) is 15.7. The summed E-state index contributed by atoms with van der Waals surface area (Å²) in [4.78, 5) is 26.5. The van der Waals surface area contributed by atoms with Crippen molar-refractivity contribution in [1.82, 2.24) is 15.5 Å². The summed E-state index contributed by atoms with van der Waals surface area (Å²) in [6.07, 6.45) is -0.668. The summed E-state index contributed by atoms with van der Waals surface area (Å²) in [6, 6.07) is 2.33. The minimum Gasteiger partial charge on any atom is -0.493 e. The molecule has 3 N–H and O–H groups in total. The molecule has 9 nitrogen and oxygen atoms in total. The number of hydrogen-bond acceptors (Lipinski definition) is 6. The number of aliphatic hydroxyl groups excluding tert-OH is 1. The minimum atomic E-state index is -0.672. The number of aliphatic hydroxyl groups is 1. The third-order valence-corrected chi connectivity index (χ3v) is 4.53. The normalized spacial score (nSPS) is 20.0. The van der Waals surface area contributed by atoms with Gasteiger partial charge in [0.25, 0.3) is 5.91 Å². The summed E-state index contributed by atoms with van der Waals surface area (Å²) in [5, 5.41) is 15.1. The number of rotatable bonds is 6. The molecule has 0 saturated heterocycles. The molecule has 0 aliphatic carbocycles. The number of benzene rings is 1. The molecule has 0 bridgehead atoms. The van der Waals surface area contributed by atoms with Crippen molar-refractivity contribution in [2.24, 2.45) is 0 Å². The molecule has 27 heavy (non-hydrogen) atoms. The first-order valence-electron chi connectivity index (χ1n) is 8.47. The van der Waals surface area contributed by atoms with Gasteiger partial charge in [-0.15, -0.1) is 0 Å². The van der Waals surface area contributed by atoms with Crippen LogP contribution in [0.1, 0.15) is 18.5 Å². The van der Waals surface area contributed by atoms with Crippen molar-refractivity contribution in [3.63, 3.8) is 0 Å². The van der Waals surface area contributed by atoms with Gasteiger partial charge in [0.15, 0.2) is 11.5 Å². The van der Waals surface area contributed by atoms with Crippen LogP contribution in [0.2, 0.25) is 0 Å². The molecule has 0 aromatic heterocycles. The number of carbonyl (C=O) groups excluding carboxylic acids is 2. The lowest BCUT2D eigenvalue weighted by Crippen LogP contribution is -2.44. The maximum absolute atomic E-state index is 12.9. The maximum atomic E-state index is 12.9. The zero-order valence-corrected chi connectivity index (χ0v) is 15.7. The summed E-state index contributed by atoms with van der Waals surface area (Å²) in [5.74, 6) is 1.03. The average Bonchev–Trinajstić information content (AvgIpc) is 2.94. The van der Waals surface area contributed by atoms with E-state index < -0.39 is 18.2 Å². The van der Waals surface area contributed by atoms with Gasteiger partial charge in [-0.1, -0.05) is 0 Å². The number of ether oxygens (including phenoxy) is 3. The van der Waals surface area contributed by atoms with Crippen LogP contribution in [0.4, 0.5) is 4.79 Å². The fraction of sp³-hybridized carbons (Fsp3) is 0.444. The Bertz CT molecular complexity index is 779. The molecule has 0 unspecified atom stereocenters. The quantitative estimate of drug-likeness (QED) is 0.668. The molecule has 2 heterocycles. The number of nitrogens with zero attached hydrogens (tertiary/aromatic N) is 1. The van der Waals surface area contributed by atoms with Gasteiger partial charge in [0.05, 0.1) is 51.3 Å². The Balaban J connectivity index is 2.04. The third-order valence-electron chi connectivity index (χ3n) is 4.53.